The number of methoxy groups -OCH3 is 1. The summed E-state index contributed by atoms with van der Waals surface area (Å²) >= 11 is 0. The van der Waals surface area contributed by atoms with Crippen LogP contribution in [0.1, 0.15) is 27.2 Å². The van der Waals surface area contributed by atoms with Crippen molar-refractivity contribution in [3.8, 4) is 0 Å². The normalized spacial score (nSPS) is 23.7. The number of allylic oxidation sites excluding steroid dienone is 3. The maximum atomic E-state index is 5.17. The van der Waals surface area contributed by atoms with Gasteiger partial charge in [0.25, 0.3) is 0 Å². The van der Waals surface area contributed by atoms with Gasteiger partial charge in [-0.2, -0.15) is 0 Å². The van der Waals surface area contributed by atoms with Gasteiger partial charge >= 0.3 is 0 Å². The smallest absolute Gasteiger partial charge is 0.191 e. The summed E-state index contributed by atoms with van der Waals surface area (Å²) < 4.78 is 5.17. The van der Waals surface area contributed by atoms with Gasteiger partial charge in [-0.05, 0) is 19.8 Å². The quantitative estimate of drug-likeness (QED) is 0.524. The maximum absolute atomic E-state index is 5.17. The summed E-state index contributed by atoms with van der Waals surface area (Å²) in [5.41, 5.74) is 2.35. The maximum Gasteiger partial charge on any atom is 0.191 e. The van der Waals surface area contributed by atoms with Gasteiger partial charge in [0.2, 0.25) is 0 Å². The third kappa shape index (κ3) is 3.05. The van der Waals surface area contributed by atoms with Gasteiger partial charge in [-0.1, -0.05) is 24.6 Å². The molecule has 1 aliphatic rings. The predicted molar refractivity (Wildman–Crippen MR) is 55.7 cm³/mol. The monoisotopic (exact) mass is 179 g/mol. The fourth-order valence-electron chi connectivity index (χ4n) is 1.57. The molecule has 0 saturated carbocycles. The molecule has 1 atom stereocenters. The van der Waals surface area contributed by atoms with E-state index in [1.807, 2.05) is 6.92 Å². The van der Waals surface area contributed by atoms with Gasteiger partial charge in [-0.3, -0.25) is 0 Å². The largest absolute Gasteiger partial charge is 0.484 e. The first-order chi connectivity index (χ1) is 6.11. The molecule has 13 heavy (non-hydrogen) atoms. The summed E-state index contributed by atoms with van der Waals surface area (Å²) in [6.07, 6.45) is 5.21. The van der Waals surface area contributed by atoms with E-state index in [2.05, 4.69) is 31.0 Å². The molecule has 0 amide bonds. The summed E-state index contributed by atoms with van der Waals surface area (Å²) in [4.78, 5) is 4.37. The Hall–Kier alpha value is -1.05. The molecule has 0 aliphatic carbocycles. The Bertz CT molecular complexity index is 274. The minimum Gasteiger partial charge on any atom is -0.484 e. The zero-order valence-corrected chi connectivity index (χ0v) is 8.79. The molecular formula is C11H17NO. The molecule has 0 bridgehead atoms. The van der Waals surface area contributed by atoms with Gasteiger partial charge in [0.05, 0.1) is 7.11 Å². The lowest BCUT2D eigenvalue weighted by Gasteiger charge is -2.11. The molecule has 1 rings (SSSR count). The van der Waals surface area contributed by atoms with Crippen molar-refractivity contribution in [1.29, 1.82) is 0 Å². The van der Waals surface area contributed by atoms with Crippen molar-refractivity contribution in [2.45, 2.75) is 27.2 Å². The van der Waals surface area contributed by atoms with Crippen molar-refractivity contribution in [3.63, 3.8) is 0 Å². The molecule has 0 radical (unpaired) electrons. The van der Waals surface area contributed by atoms with Crippen LogP contribution in [0.15, 0.2) is 28.4 Å². The lowest BCUT2D eigenvalue weighted by molar-refractivity contribution is 0.393. The van der Waals surface area contributed by atoms with Crippen LogP contribution in [-0.4, -0.2) is 13.0 Å². The van der Waals surface area contributed by atoms with Crippen LogP contribution in [0.4, 0.5) is 0 Å². The van der Waals surface area contributed by atoms with E-state index in [9.17, 15) is 0 Å². The van der Waals surface area contributed by atoms with Crippen LogP contribution in [0, 0.1) is 5.92 Å². The SMILES string of the molecule is COC1=NC(C)=CC(C)C=C(C)C1. The molecular weight excluding hydrogens is 162 g/mol. The molecule has 2 nitrogen and oxygen atoms in total. The highest BCUT2D eigenvalue weighted by molar-refractivity contribution is 5.79. The molecule has 0 saturated heterocycles. The first-order valence-corrected chi connectivity index (χ1v) is 4.59. The average molecular weight is 179 g/mol. The molecule has 0 spiro atoms. The Labute approximate surface area is 80.0 Å². The van der Waals surface area contributed by atoms with Crippen LogP contribution < -0.4 is 0 Å². The molecule has 0 aromatic heterocycles. The van der Waals surface area contributed by atoms with Gasteiger partial charge in [-0.15, -0.1) is 0 Å². The molecule has 0 fully saturated rings. The van der Waals surface area contributed by atoms with Crippen LogP contribution in [-0.2, 0) is 4.74 Å². The Balaban J connectivity index is 2.95. The van der Waals surface area contributed by atoms with E-state index in [1.54, 1.807) is 7.11 Å². The van der Waals surface area contributed by atoms with E-state index in [-0.39, 0.29) is 0 Å². The first kappa shape index (κ1) is 10.0. The van der Waals surface area contributed by atoms with E-state index in [4.69, 9.17) is 4.74 Å². The fraction of sp³-hybridized carbons (Fsp3) is 0.545. The van der Waals surface area contributed by atoms with Gasteiger partial charge in [-0.25, -0.2) is 4.99 Å². The highest BCUT2D eigenvalue weighted by atomic mass is 16.5. The van der Waals surface area contributed by atoms with Crippen molar-refractivity contribution < 1.29 is 4.74 Å². The number of rotatable bonds is 0. The number of ether oxygens (including phenoxy) is 1. The topological polar surface area (TPSA) is 21.6 Å². The first-order valence-electron chi connectivity index (χ1n) is 4.59. The summed E-state index contributed by atoms with van der Waals surface area (Å²) in [6.45, 7) is 6.28. The lowest BCUT2D eigenvalue weighted by Crippen LogP contribution is -2.05. The van der Waals surface area contributed by atoms with Crippen LogP contribution in [0.5, 0.6) is 0 Å². The molecule has 1 aliphatic heterocycles. The number of hydrogen-bond donors (Lipinski definition) is 0. The van der Waals surface area contributed by atoms with Gasteiger partial charge < -0.3 is 4.74 Å². The molecule has 0 aromatic carbocycles. The summed E-state index contributed by atoms with van der Waals surface area (Å²) in [6, 6.07) is 0. The zero-order valence-electron chi connectivity index (χ0n) is 8.79. The summed E-state index contributed by atoms with van der Waals surface area (Å²) in [7, 11) is 1.67. The fourth-order valence-corrected chi connectivity index (χ4v) is 1.57. The Morgan fingerprint density at radius 2 is 2.08 bits per heavy atom. The van der Waals surface area contributed by atoms with Gasteiger partial charge in [0.1, 0.15) is 0 Å². The van der Waals surface area contributed by atoms with Crippen molar-refractivity contribution >= 4 is 5.90 Å². The number of hydrogen-bond acceptors (Lipinski definition) is 2. The second-order valence-electron chi connectivity index (χ2n) is 3.57. The zero-order chi connectivity index (χ0) is 9.84. The third-order valence-corrected chi connectivity index (χ3v) is 2.02. The molecule has 0 N–H and O–H groups in total. The highest BCUT2D eigenvalue weighted by Crippen LogP contribution is 2.15. The molecule has 2 heteroatoms. The Kier molecular flexibility index (Phi) is 3.29. The van der Waals surface area contributed by atoms with Crippen LogP contribution in [0.25, 0.3) is 0 Å². The molecule has 72 valence electrons. The van der Waals surface area contributed by atoms with E-state index in [0.717, 1.165) is 18.0 Å². The molecule has 1 unspecified atom stereocenters. The minimum absolute atomic E-state index is 0.474. The van der Waals surface area contributed by atoms with Crippen molar-refractivity contribution in [2.75, 3.05) is 7.11 Å². The van der Waals surface area contributed by atoms with E-state index in [0.29, 0.717) is 5.92 Å². The summed E-state index contributed by atoms with van der Waals surface area (Å²) in [5.74, 6) is 1.27. The second kappa shape index (κ2) is 4.26. The predicted octanol–water partition coefficient (Wildman–Crippen LogP) is 2.92. The van der Waals surface area contributed by atoms with Crippen molar-refractivity contribution in [2.24, 2.45) is 10.9 Å². The van der Waals surface area contributed by atoms with Crippen LogP contribution in [0.3, 0.4) is 0 Å². The van der Waals surface area contributed by atoms with Crippen LogP contribution >= 0.6 is 0 Å². The summed E-state index contributed by atoms with van der Waals surface area (Å²) in [5, 5.41) is 0. The second-order valence-corrected chi connectivity index (χ2v) is 3.57. The van der Waals surface area contributed by atoms with Gasteiger partial charge in [0.15, 0.2) is 5.90 Å². The standard InChI is InChI=1S/C11H17NO/c1-8-5-9(2)7-11(13-4)12-10(3)6-8/h5-6,8H,7H2,1-4H3. The van der Waals surface area contributed by atoms with E-state index < -0.39 is 0 Å². The minimum atomic E-state index is 0.474. The Morgan fingerprint density at radius 1 is 1.38 bits per heavy atom. The molecule has 0 aromatic rings. The molecule has 1 heterocycles. The van der Waals surface area contributed by atoms with Crippen molar-refractivity contribution in [1.82, 2.24) is 0 Å². The average Bonchev–Trinajstić information content (AvgIpc) is 1.99. The van der Waals surface area contributed by atoms with E-state index >= 15 is 0 Å². The van der Waals surface area contributed by atoms with Crippen LogP contribution in [0.2, 0.25) is 0 Å². The van der Waals surface area contributed by atoms with E-state index in [1.165, 1.54) is 5.57 Å². The van der Waals surface area contributed by atoms with Gasteiger partial charge in [0, 0.05) is 12.1 Å². The lowest BCUT2D eigenvalue weighted by atomic mass is 10.0. The third-order valence-electron chi connectivity index (χ3n) is 2.02. The number of aliphatic imine (C=N–C) groups is 1. The number of nitrogens with zero attached hydrogens (tertiary/aromatic N) is 1. The Morgan fingerprint density at radius 3 is 2.69 bits per heavy atom. The van der Waals surface area contributed by atoms with Crippen molar-refractivity contribution in [3.05, 3.63) is 23.4 Å². The highest BCUT2D eigenvalue weighted by Gasteiger charge is 2.06.